The maximum Gasteiger partial charge on any atom is 0.241 e. The number of aromatic nitrogens is 1. The van der Waals surface area contributed by atoms with Crippen molar-refractivity contribution in [3.8, 4) is 0 Å². The molecule has 0 radical (unpaired) electrons. The number of aliphatic hydroxyl groups excluding tert-OH is 1. The first-order valence-corrected chi connectivity index (χ1v) is 8.48. The number of thiazole rings is 1. The summed E-state index contributed by atoms with van der Waals surface area (Å²) in [5, 5.41) is 12.6. The van der Waals surface area contributed by atoms with Gasteiger partial charge in [0.2, 0.25) is 10.0 Å². The van der Waals surface area contributed by atoms with E-state index in [0.29, 0.717) is 17.8 Å². The fourth-order valence-corrected chi connectivity index (χ4v) is 4.35. The summed E-state index contributed by atoms with van der Waals surface area (Å²) >= 11 is 2.71. The highest BCUT2D eigenvalue weighted by atomic mass is 32.2. The molecule has 0 fully saturated rings. The number of thiophene rings is 1. The molecule has 2 heterocycles. The molecule has 8 heteroatoms. The summed E-state index contributed by atoms with van der Waals surface area (Å²) in [6.45, 7) is 0.0345. The van der Waals surface area contributed by atoms with Crippen molar-refractivity contribution in [2.24, 2.45) is 0 Å². The van der Waals surface area contributed by atoms with Gasteiger partial charge in [-0.3, -0.25) is 0 Å². The zero-order chi connectivity index (χ0) is 13.0. The lowest BCUT2D eigenvalue weighted by Gasteiger charge is -2.05. The Morgan fingerprint density at radius 3 is 2.94 bits per heavy atom. The lowest BCUT2D eigenvalue weighted by Crippen LogP contribution is -2.26. The van der Waals surface area contributed by atoms with Crippen LogP contribution in [0.25, 0.3) is 0 Å². The van der Waals surface area contributed by atoms with E-state index >= 15 is 0 Å². The van der Waals surface area contributed by atoms with Gasteiger partial charge >= 0.3 is 0 Å². The fraction of sp³-hybridized carbons (Fsp3) is 0.300. The van der Waals surface area contributed by atoms with E-state index in [-0.39, 0.29) is 11.5 Å². The summed E-state index contributed by atoms with van der Waals surface area (Å²) in [7, 11) is -3.54. The highest BCUT2D eigenvalue weighted by Gasteiger charge is 2.18. The molecule has 0 unspecified atom stereocenters. The molecule has 5 nitrogen and oxygen atoms in total. The van der Waals surface area contributed by atoms with Crippen molar-refractivity contribution in [3.05, 3.63) is 32.9 Å². The smallest absolute Gasteiger partial charge is 0.241 e. The molecule has 0 saturated carbocycles. The Kier molecular flexibility index (Phi) is 4.46. The summed E-state index contributed by atoms with van der Waals surface area (Å²) in [5.74, 6) is 0. The van der Waals surface area contributed by atoms with Gasteiger partial charge in [0.05, 0.1) is 22.7 Å². The average molecular weight is 304 g/mol. The Hall–Kier alpha value is -0.800. The maximum absolute atomic E-state index is 12.0. The molecule has 2 aromatic rings. The first kappa shape index (κ1) is 13.6. The molecule has 0 spiro atoms. The normalized spacial score (nSPS) is 11.8. The topological polar surface area (TPSA) is 79.3 Å². The second kappa shape index (κ2) is 5.89. The van der Waals surface area contributed by atoms with Crippen molar-refractivity contribution >= 4 is 32.7 Å². The summed E-state index contributed by atoms with van der Waals surface area (Å²) in [6.07, 6.45) is 0.557. The average Bonchev–Trinajstić information content (AvgIpc) is 2.99. The Bertz CT molecular complexity index is 590. The molecule has 2 rings (SSSR count). The van der Waals surface area contributed by atoms with Crippen molar-refractivity contribution in [1.82, 2.24) is 9.71 Å². The van der Waals surface area contributed by atoms with Crippen molar-refractivity contribution < 1.29 is 13.5 Å². The van der Waals surface area contributed by atoms with Gasteiger partial charge in [0.15, 0.2) is 0 Å². The van der Waals surface area contributed by atoms with Crippen LogP contribution in [0.1, 0.15) is 10.6 Å². The molecule has 98 valence electrons. The zero-order valence-electron chi connectivity index (χ0n) is 9.37. The van der Waals surface area contributed by atoms with E-state index in [1.54, 1.807) is 10.9 Å². The molecule has 0 atom stereocenters. The molecule has 2 aromatic heterocycles. The SMILES string of the molecule is O=S(=O)(NCCc1cscn1)c1ccsc1CO. The minimum atomic E-state index is -3.54. The molecule has 0 aliphatic carbocycles. The van der Waals surface area contributed by atoms with Crippen molar-refractivity contribution in [2.45, 2.75) is 17.9 Å². The number of nitrogens with one attached hydrogen (secondary N) is 1. The lowest BCUT2D eigenvalue weighted by molar-refractivity contribution is 0.282. The van der Waals surface area contributed by atoms with Crippen LogP contribution in [0.2, 0.25) is 0 Å². The van der Waals surface area contributed by atoms with Gasteiger partial charge < -0.3 is 5.11 Å². The molecule has 0 saturated heterocycles. The van der Waals surface area contributed by atoms with Crippen LogP contribution in [-0.2, 0) is 23.1 Å². The van der Waals surface area contributed by atoms with Crippen LogP contribution < -0.4 is 4.72 Å². The lowest BCUT2D eigenvalue weighted by atomic mass is 10.3. The zero-order valence-corrected chi connectivity index (χ0v) is 11.8. The summed E-state index contributed by atoms with van der Waals surface area (Å²) in [5.41, 5.74) is 2.59. The van der Waals surface area contributed by atoms with E-state index in [1.807, 2.05) is 5.38 Å². The monoisotopic (exact) mass is 304 g/mol. The molecule has 0 aromatic carbocycles. The fourth-order valence-electron chi connectivity index (χ4n) is 1.44. The Morgan fingerprint density at radius 2 is 2.28 bits per heavy atom. The third-order valence-electron chi connectivity index (χ3n) is 2.29. The van der Waals surface area contributed by atoms with Crippen molar-refractivity contribution in [3.63, 3.8) is 0 Å². The van der Waals surface area contributed by atoms with Crippen LogP contribution in [0.5, 0.6) is 0 Å². The second-order valence-electron chi connectivity index (χ2n) is 3.49. The van der Waals surface area contributed by atoms with Gasteiger partial charge in [-0.25, -0.2) is 18.1 Å². The largest absolute Gasteiger partial charge is 0.391 e. The summed E-state index contributed by atoms with van der Waals surface area (Å²) in [4.78, 5) is 4.69. The highest BCUT2D eigenvalue weighted by molar-refractivity contribution is 7.89. The second-order valence-corrected chi connectivity index (χ2v) is 6.95. The van der Waals surface area contributed by atoms with E-state index in [2.05, 4.69) is 9.71 Å². The van der Waals surface area contributed by atoms with E-state index in [4.69, 9.17) is 5.11 Å². The third kappa shape index (κ3) is 3.15. The number of rotatable bonds is 6. The number of sulfonamides is 1. The minimum Gasteiger partial charge on any atom is -0.391 e. The molecule has 0 amide bonds. The van der Waals surface area contributed by atoms with Gasteiger partial charge in [-0.2, -0.15) is 0 Å². The Labute approximate surface area is 113 Å². The van der Waals surface area contributed by atoms with Crippen LogP contribution in [-0.4, -0.2) is 25.1 Å². The van der Waals surface area contributed by atoms with Crippen LogP contribution in [0.4, 0.5) is 0 Å². The molecular formula is C10H12N2O3S3. The van der Waals surface area contributed by atoms with Crippen LogP contribution in [0.15, 0.2) is 27.2 Å². The van der Waals surface area contributed by atoms with Gasteiger partial charge in [-0.05, 0) is 11.4 Å². The molecule has 0 bridgehead atoms. The van der Waals surface area contributed by atoms with Crippen molar-refractivity contribution in [1.29, 1.82) is 0 Å². The standard InChI is InChI=1S/C10H12N2O3S3/c13-5-9-10(2-4-17-9)18(14,15)12-3-1-8-6-16-7-11-8/h2,4,6-7,12-13H,1,3,5H2. The first-order valence-electron chi connectivity index (χ1n) is 5.17. The first-order chi connectivity index (χ1) is 8.63. The maximum atomic E-state index is 12.0. The van der Waals surface area contributed by atoms with E-state index < -0.39 is 10.0 Å². The van der Waals surface area contributed by atoms with Crippen LogP contribution >= 0.6 is 22.7 Å². The molecule has 0 aliphatic heterocycles. The molecule has 18 heavy (non-hydrogen) atoms. The Morgan fingerprint density at radius 1 is 1.44 bits per heavy atom. The number of aliphatic hydroxyl groups is 1. The minimum absolute atomic E-state index is 0.160. The molecule has 0 aliphatic rings. The van der Waals surface area contributed by atoms with Gasteiger partial charge in [0.1, 0.15) is 0 Å². The van der Waals surface area contributed by atoms with Crippen molar-refractivity contribution in [2.75, 3.05) is 6.54 Å². The summed E-state index contributed by atoms with van der Waals surface area (Å²) < 4.78 is 26.4. The predicted octanol–water partition coefficient (Wildman–Crippen LogP) is 1.22. The van der Waals surface area contributed by atoms with E-state index in [9.17, 15) is 8.42 Å². The van der Waals surface area contributed by atoms with Crippen LogP contribution in [0.3, 0.4) is 0 Å². The Balaban J connectivity index is 1.99. The summed E-state index contributed by atoms with van der Waals surface area (Å²) in [6, 6.07) is 1.50. The van der Waals surface area contributed by atoms with E-state index in [1.165, 1.54) is 28.7 Å². The van der Waals surface area contributed by atoms with Gasteiger partial charge in [-0.15, -0.1) is 22.7 Å². The van der Waals surface area contributed by atoms with E-state index in [0.717, 1.165) is 5.69 Å². The number of nitrogens with zero attached hydrogens (tertiary/aromatic N) is 1. The molecular weight excluding hydrogens is 292 g/mol. The molecule has 2 N–H and O–H groups in total. The number of hydrogen-bond donors (Lipinski definition) is 2. The third-order valence-corrected chi connectivity index (χ3v) is 5.51. The van der Waals surface area contributed by atoms with Gasteiger partial charge in [0, 0.05) is 23.2 Å². The number of hydrogen-bond acceptors (Lipinski definition) is 6. The quantitative estimate of drug-likeness (QED) is 0.841. The van der Waals surface area contributed by atoms with Gasteiger partial charge in [-0.1, -0.05) is 0 Å². The van der Waals surface area contributed by atoms with Gasteiger partial charge in [0.25, 0.3) is 0 Å². The predicted molar refractivity (Wildman–Crippen MR) is 71.2 cm³/mol. The van der Waals surface area contributed by atoms with Crippen LogP contribution in [0, 0.1) is 0 Å². The highest BCUT2D eigenvalue weighted by Crippen LogP contribution is 2.21.